The van der Waals surface area contributed by atoms with Gasteiger partial charge in [0.2, 0.25) is 0 Å². The highest BCUT2D eigenvalue weighted by molar-refractivity contribution is 9.10. The molecule has 2 aliphatic rings. The van der Waals surface area contributed by atoms with Crippen molar-refractivity contribution in [1.29, 1.82) is 0 Å². The molecule has 7 heteroatoms. The van der Waals surface area contributed by atoms with Crippen molar-refractivity contribution in [1.82, 2.24) is 9.80 Å². The summed E-state index contributed by atoms with van der Waals surface area (Å²) in [5.74, 6) is -0.0753. The summed E-state index contributed by atoms with van der Waals surface area (Å²) in [6.45, 7) is 5.89. The molecule has 2 unspecified atom stereocenters. The van der Waals surface area contributed by atoms with Crippen LogP contribution in [0.4, 0.5) is 0 Å². The molecule has 0 spiro atoms. The summed E-state index contributed by atoms with van der Waals surface area (Å²) in [5, 5.41) is 0. The van der Waals surface area contributed by atoms with E-state index in [9.17, 15) is 13.2 Å². The third-order valence-electron chi connectivity index (χ3n) is 5.30. The number of nitrogens with zero attached hydrogens (tertiary/aromatic N) is 2. The molecule has 0 aliphatic carbocycles. The van der Waals surface area contributed by atoms with Crippen molar-refractivity contribution < 1.29 is 13.2 Å². The lowest BCUT2D eigenvalue weighted by atomic mass is 10.1. The van der Waals surface area contributed by atoms with Crippen molar-refractivity contribution in [3.8, 4) is 0 Å². The predicted octanol–water partition coefficient (Wildman–Crippen LogP) is 2.94. The Bertz CT molecular complexity index is 779. The van der Waals surface area contributed by atoms with Gasteiger partial charge in [-0.3, -0.25) is 9.69 Å². The van der Waals surface area contributed by atoms with Gasteiger partial charge >= 0.3 is 0 Å². The lowest BCUT2D eigenvalue weighted by molar-refractivity contribution is 0.0728. The number of rotatable bonds is 3. The van der Waals surface area contributed by atoms with Gasteiger partial charge in [0.1, 0.15) is 0 Å². The van der Waals surface area contributed by atoms with E-state index in [1.165, 1.54) is 12.5 Å². The number of carbonyl (C=O) groups excluding carboxylic acids is 1. The van der Waals surface area contributed by atoms with Gasteiger partial charge in [-0.2, -0.15) is 0 Å². The number of carbonyl (C=O) groups is 1. The summed E-state index contributed by atoms with van der Waals surface area (Å²) >= 11 is 3.26. The lowest BCUT2D eigenvalue weighted by Gasteiger charge is -2.32. The molecule has 5 nitrogen and oxygen atoms in total. The van der Waals surface area contributed by atoms with Crippen LogP contribution in [-0.4, -0.2) is 61.6 Å². The largest absolute Gasteiger partial charge is 0.337 e. The zero-order valence-corrected chi connectivity index (χ0v) is 17.3. The van der Waals surface area contributed by atoms with Gasteiger partial charge in [-0.25, -0.2) is 8.42 Å². The minimum Gasteiger partial charge on any atom is -0.337 e. The van der Waals surface area contributed by atoms with Gasteiger partial charge in [0.15, 0.2) is 9.84 Å². The van der Waals surface area contributed by atoms with Crippen molar-refractivity contribution in [2.45, 2.75) is 56.1 Å². The van der Waals surface area contributed by atoms with E-state index in [4.69, 9.17) is 0 Å². The third-order valence-corrected chi connectivity index (χ3v) is 7.39. The molecule has 2 atom stereocenters. The molecule has 0 radical (unpaired) electrons. The third kappa shape index (κ3) is 3.78. The predicted molar refractivity (Wildman–Crippen MR) is 102 cm³/mol. The Morgan fingerprint density at radius 1 is 1.20 bits per heavy atom. The number of halogens is 1. The molecule has 0 N–H and O–H groups in total. The van der Waals surface area contributed by atoms with Crippen molar-refractivity contribution >= 4 is 31.7 Å². The van der Waals surface area contributed by atoms with Crippen LogP contribution in [0.1, 0.15) is 43.5 Å². The normalized spacial score (nSPS) is 24.6. The van der Waals surface area contributed by atoms with Crippen LogP contribution in [0.3, 0.4) is 0 Å². The number of benzene rings is 1. The Hall–Kier alpha value is -0.920. The molecule has 1 amide bonds. The number of sulfone groups is 1. The molecule has 2 fully saturated rings. The number of likely N-dealkylation sites (tertiary alicyclic amines) is 1. The highest BCUT2D eigenvalue weighted by Gasteiger charge is 2.39. The maximum Gasteiger partial charge on any atom is 0.253 e. The molecule has 2 aliphatic heterocycles. The van der Waals surface area contributed by atoms with Crippen LogP contribution in [0, 0.1) is 0 Å². The van der Waals surface area contributed by atoms with Crippen molar-refractivity contribution in [3.05, 3.63) is 28.2 Å². The average molecular weight is 429 g/mol. The average Bonchev–Trinajstić information content (AvgIpc) is 2.80. The Labute approximate surface area is 158 Å². The van der Waals surface area contributed by atoms with Crippen LogP contribution in [0.25, 0.3) is 0 Å². The lowest BCUT2D eigenvalue weighted by Crippen LogP contribution is -2.44. The van der Waals surface area contributed by atoms with Crippen LogP contribution >= 0.6 is 15.9 Å². The first kappa shape index (κ1) is 18.9. The second kappa shape index (κ2) is 7.00. The highest BCUT2D eigenvalue weighted by Crippen LogP contribution is 2.32. The molecule has 1 aromatic carbocycles. The highest BCUT2D eigenvalue weighted by atomic mass is 79.9. The van der Waals surface area contributed by atoms with E-state index < -0.39 is 9.84 Å². The smallest absolute Gasteiger partial charge is 0.253 e. The molecular formula is C18H25BrN2O3S. The molecule has 0 aromatic heterocycles. The molecule has 138 valence electrons. The molecule has 0 saturated carbocycles. The SMILES string of the molecule is CC(C)N1C2CCC1CN(C(=O)c1ccc(Br)c(S(C)(=O)=O)c1)CC2. The van der Waals surface area contributed by atoms with E-state index >= 15 is 0 Å². The standard InChI is InChI=1S/C18H25BrN2O3S/c1-12(2)21-14-5-6-15(21)11-20(9-8-14)18(22)13-4-7-16(19)17(10-13)25(3,23)24/h4,7,10,12,14-15H,5-6,8-9,11H2,1-3H3. The number of amides is 1. The first-order valence-corrected chi connectivity index (χ1v) is 11.4. The first-order valence-electron chi connectivity index (χ1n) is 8.75. The fourth-order valence-electron chi connectivity index (χ4n) is 4.24. The molecule has 2 saturated heterocycles. The van der Waals surface area contributed by atoms with E-state index in [2.05, 4.69) is 34.7 Å². The quantitative estimate of drug-likeness (QED) is 0.742. The Morgan fingerprint density at radius 2 is 1.88 bits per heavy atom. The van der Waals surface area contributed by atoms with Gasteiger partial charge in [-0.15, -0.1) is 0 Å². The second-order valence-corrected chi connectivity index (χ2v) is 10.2. The molecule has 2 heterocycles. The summed E-state index contributed by atoms with van der Waals surface area (Å²) in [4.78, 5) is 17.6. The van der Waals surface area contributed by atoms with Crippen LogP contribution in [-0.2, 0) is 9.84 Å². The van der Waals surface area contributed by atoms with E-state index in [0.717, 1.165) is 32.2 Å². The molecule has 25 heavy (non-hydrogen) atoms. The second-order valence-electron chi connectivity index (χ2n) is 7.38. The first-order chi connectivity index (χ1) is 11.7. The zero-order valence-electron chi connectivity index (χ0n) is 14.9. The Kier molecular flexibility index (Phi) is 5.28. The maximum atomic E-state index is 13.0. The van der Waals surface area contributed by atoms with Gasteiger partial charge < -0.3 is 4.90 Å². The molecule has 2 bridgehead atoms. The van der Waals surface area contributed by atoms with Gasteiger partial charge in [0.05, 0.1) is 4.90 Å². The topological polar surface area (TPSA) is 57.7 Å². The molecular weight excluding hydrogens is 404 g/mol. The summed E-state index contributed by atoms with van der Waals surface area (Å²) in [5.41, 5.74) is 0.442. The summed E-state index contributed by atoms with van der Waals surface area (Å²) in [6, 6.07) is 6.28. The van der Waals surface area contributed by atoms with Gasteiger partial charge in [0.25, 0.3) is 5.91 Å². The fourth-order valence-corrected chi connectivity index (χ4v) is 6.13. The van der Waals surface area contributed by atoms with Crippen LogP contribution in [0.2, 0.25) is 0 Å². The number of fused-ring (bicyclic) bond motifs is 2. The molecule has 3 rings (SSSR count). The Balaban J connectivity index is 1.85. The molecule has 1 aromatic rings. The van der Waals surface area contributed by atoms with Crippen LogP contribution in [0.15, 0.2) is 27.6 Å². The van der Waals surface area contributed by atoms with Crippen LogP contribution < -0.4 is 0 Å². The number of hydrogen-bond acceptors (Lipinski definition) is 4. The number of hydrogen-bond donors (Lipinski definition) is 0. The monoisotopic (exact) mass is 428 g/mol. The van der Waals surface area contributed by atoms with Crippen LogP contribution in [0.5, 0.6) is 0 Å². The van der Waals surface area contributed by atoms with E-state index in [0.29, 0.717) is 28.2 Å². The fraction of sp³-hybridized carbons (Fsp3) is 0.611. The minimum absolute atomic E-state index is 0.0753. The summed E-state index contributed by atoms with van der Waals surface area (Å²) in [7, 11) is -3.38. The van der Waals surface area contributed by atoms with Gasteiger partial charge in [-0.05, 0) is 67.2 Å². The van der Waals surface area contributed by atoms with Gasteiger partial charge in [-0.1, -0.05) is 0 Å². The summed E-state index contributed by atoms with van der Waals surface area (Å²) < 4.78 is 24.3. The van der Waals surface area contributed by atoms with Crippen molar-refractivity contribution in [2.75, 3.05) is 19.3 Å². The maximum absolute atomic E-state index is 13.0. The Morgan fingerprint density at radius 3 is 2.52 bits per heavy atom. The van der Waals surface area contributed by atoms with E-state index in [1.807, 2.05) is 4.90 Å². The zero-order chi connectivity index (χ0) is 18.4. The van der Waals surface area contributed by atoms with E-state index in [-0.39, 0.29) is 10.8 Å². The van der Waals surface area contributed by atoms with Gasteiger partial charge in [0, 0.05) is 47.5 Å². The van der Waals surface area contributed by atoms with E-state index in [1.54, 1.807) is 12.1 Å². The minimum atomic E-state index is -3.38. The summed E-state index contributed by atoms with van der Waals surface area (Å²) in [6.07, 6.45) is 4.48. The van der Waals surface area contributed by atoms with Crippen molar-refractivity contribution in [2.24, 2.45) is 0 Å². The van der Waals surface area contributed by atoms with Crippen molar-refractivity contribution in [3.63, 3.8) is 0 Å².